The first-order chi connectivity index (χ1) is 16.0. The highest BCUT2D eigenvalue weighted by molar-refractivity contribution is 7.14. The van der Waals surface area contributed by atoms with Crippen molar-refractivity contribution >= 4 is 45.6 Å². The number of nitrogens with one attached hydrogen (secondary N) is 2. The van der Waals surface area contributed by atoms with Crippen LogP contribution in [-0.2, 0) is 11.3 Å². The zero-order valence-corrected chi connectivity index (χ0v) is 19.3. The van der Waals surface area contributed by atoms with E-state index >= 15 is 0 Å². The Bertz CT molecular complexity index is 1100. The van der Waals surface area contributed by atoms with Crippen molar-refractivity contribution < 1.29 is 14.0 Å². The van der Waals surface area contributed by atoms with Gasteiger partial charge in [0.2, 0.25) is 5.91 Å². The molecule has 4 rings (SSSR count). The fourth-order valence-electron chi connectivity index (χ4n) is 3.42. The van der Waals surface area contributed by atoms with Gasteiger partial charge >= 0.3 is 0 Å². The van der Waals surface area contributed by atoms with Crippen LogP contribution in [0.25, 0.3) is 0 Å². The molecular formula is C23H23ClFN5O2S. The number of amides is 2. The standard InChI is InChI=1S/C23H23ClFN5O2S/c24-17-3-7-19(8-4-17)27-23-28-20(15-33-23)22(32)30-11-9-29(10-12-30)14-21(31)26-13-16-1-5-18(25)6-2-16/h1-8,15H,9-14H2,(H,26,31)(H,27,28). The maximum absolute atomic E-state index is 13.0. The molecule has 0 bridgehead atoms. The second-order valence-corrected chi connectivity index (χ2v) is 8.94. The van der Waals surface area contributed by atoms with Crippen molar-refractivity contribution in [3.8, 4) is 0 Å². The molecule has 1 aromatic heterocycles. The molecule has 0 unspecified atom stereocenters. The van der Waals surface area contributed by atoms with E-state index in [2.05, 4.69) is 15.6 Å². The summed E-state index contributed by atoms with van der Waals surface area (Å²) in [5.41, 5.74) is 2.09. The molecule has 0 aliphatic carbocycles. The van der Waals surface area contributed by atoms with Crippen molar-refractivity contribution in [2.75, 3.05) is 38.0 Å². The normalized spacial score (nSPS) is 14.2. The summed E-state index contributed by atoms with van der Waals surface area (Å²) in [5.74, 6) is -0.517. The molecule has 172 valence electrons. The van der Waals surface area contributed by atoms with Gasteiger partial charge in [-0.25, -0.2) is 9.37 Å². The van der Waals surface area contributed by atoms with Gasteiger partial charge in [0.05, 0.1) is 6.54 Å². The van der Waals surface area contributed by atoms with E-state index in [4.69, 9.17) is 11.6 Å². The van der Waals surface area contributed by atoms with Gasteiger partial charge in [-0.15, -0.1) is 11.3 Å². The lowest BCUT2D eigenvalue weighted by molar-refractivity contribution is -0.122. The van der Waals surface area contributed by atoms with Crippen molar-refractivity contribution in [3.05, 3.63) is 76.0 Å². The minimum atomic E-state index is -0.302. The van der Waals surface area contributed by atoms with E-state index in [-0.39, 0.29) is 24.2 Å². The number of hydrogen-bond acceptors (Lipinski definition) is 6. The third-order valence-corrected chi connectivity index (χ3v) is 6.26. The summed E-state index contributed by atoms with van der Waals surface area (Å²) in [6.07, 6.45) is 0. The van der Waals surface area contributed by atoms with Gasteiger partial charge in [-0.3, -0.25) is 14.5 Å². The number of hydrogen-bond donors (Lipinski definition) is 2. The molecule has 2 aromatic carbocycles. The number of rotatable bonds is 7. The van der Waals surface area contributed by atoms with E-state index in [0.717, 1.165) is 11.3 Å². The largest absolute Gasteiger partial charge is 0.351 e. The second kappa shape index (κ2) is 10.7. The monoisotopic (exact) mass is 487 g/mol. The molecule has 1 aliphatic heterocycles. The van der Waals surface area contributed by atoms with Crippen LogP contribution >= 0.6 is 22.9 Å². The van der Waals surface area contributed by atoms with Crippen LogP contribution in [0.3, 0.4) is 0 Å². The molecule has 3 aromatic rings. The number of carbonyl (C=O) groups is 2. The van der Waals surface area contributed by atoms with Crippen LogP contribution in [0.2, 0.25) is 5.02 Å². The third kappa shape index (κ3) is 6.50. The van der Waals surface area contributed by atoms with Crippen LogP contribution in [0.4, 0.5) is 15.2 Å². The molecule has 2 amide bonds. The van der Waals surface area contributed by atoms with Crippen molar-refractivity contribution in [2.45, 2.75) is 6.54 Å². The minimum absolute atomic E-state index is 0.100. The first kappa shape index (κ1) is 23.2. The van der Waals surface area contributed by atoms with Crippen molar-refractivity contribution in [1.29, 1.82) is 0 Å². The number of anilines is 2. The summed E-state index contributed by atoms with van der Waals surface area (Å²) >= 11 is 7.27. The van der Waals surface area contributed by atoms with Crippen LogP contribution in [0, 0.1) is 5.82 Å². The Hall–Kier alpha value is -3.01. The zero-order chi connectivity index (χ0) is 23.2. The number of halogens is 2. The highest BCUT2D eigenvalue weighted by Gasteiger charge is 2.24. The first-order valence-corrected chi connectivity index (χ1v) is 11.7. The van der Waals surface area contributed by atoms with Gasteiger partial charge in [-0.2, -0.15) is 0 Å². The lowest BCUT2D eigenvalue weighted by atomic mass is 10.2. The molecule has 7 nitrogen and oxygen atoms in total. The lowest BCUT2D eigenvalue weighted by Crippen LogP contribution is -2.51. The van der Waals surface area contributed by atoms with Gasteiger partial charge in [-0.1, -0.05) is 23.7 Å². The Kier molecular flexibility index (Phi) is 7.54. The molecule has 0 spiro atoms. The lowest BCUT2D eigenvalue weighted by Gasteiger charge is -2.33. The SMILES string of the molecule is O=C(CN1CCN(C(=O)c2csc(Nc3ccc(Cl)cc3)n2)CC1)NCc1ccc(F)cc1. The maximum atomic E-state index is 13.0. The van der Waals surface area contributed by atoms with Crippen LogP contribution in [0.1, 0.15) is 16.1 Å². The van der Waals surface area contributed by atoms with E-state index in [1.165, 1.54) is 23.5 Å². The Morgan fingerprint density at radius 2 is 1.73 bits per heavy atom. The van der Waals surface area contributed by atoms with E-state index < -0.39 is 0 Å². The van der Waals surface area contributed by atoms with Gasteiger partial charge in [-0.05, 0) is 42.0 Å². The van der Waals surface area contributed by atoms with E-state index in [9.17, 15) is 14.0 Å². The summed E-state index contributed by atoms with van der Waals surface area (Å²) in [6, 6.07) is 13.3. The molecule has 2 heterocycles. The average Bonchev–Trinajstić information content (AvgIpc) is 3.29. The first-order valence-electron chi connectivity index (χ1n) is 10.5. The number of aromatic nitrogens is 1. The fourth-order valence-corrected chi connectivity index (χ4v) is 4.25. The van der Waals surface area contributed by atoms with E-state index in [0.29, 0.717) is 48.6 Å². The molecule has 2 N–H and O–H groups in total. The third-order valence-electron chi connectivity index (χ3n) is 5.25. The summed E-state index contributed by atoms with van der Waals surface area (Å²) in [4.78, 5) is 33.2. The van der Waals surface area contributed by atoms with Crippen LogP contribution < -0.4 is 10.6 Å². The highest BCUT2D eigenvalue weighted by atomic mass is 35.5. The topological polar surface area (TPSA) is 77.6 Å². The molecule has 1 fully saturated rings. The van der Waals surface area contributed by atoms with Crippen LogP contribution in [-0.4, -0.2) is 59.3 Å². The Morgan fingerprint density at radius 3 is 2.42 bits per heavy atom. The molecule has 1 saturated heterocycles. The Labute approximate surface area is 200 Å². The molecule has 33 heavy (non-hydrogen) atoms. The fraction of sp³-hybridized carbons (Fsp3) is 0.261. The predicted molar refractivity (Wildman–Crippen MR) is 127 cm³/mol. The number of carbonyl (C=O) groups excluding carboxylic acids is 2. The van der Waals surface area contributed by atoms with Crippen LogP contribution in [0.15, 0.2) is 53.9 Å². The number of benzene rings is 2. The number of nitrogens with zero attached hydrogens (tertiary/aromatic N) is 3. The molecule has 1 aliphatic rings. The molecule has 0 saturated carbocycles. The summed E-state index contributed by atoms with van der Waals surface area (Å²) in [6.45, 7) is 2.89. The van der Waals surface area contributed by atoms with Crippen molar-refractivity contribution in [1.82, 2.24) is 20.1 Å². The summed E-state index contributed by atoms with van der Waals surface area (Å²) in [5, 5.41) is 9.05. The second-order valence-electron chi connectivity index (χ2n) is 7.64. The van der Waals surface area contributed by atoms with Gasteiger partial charge in [0.15, 0.2) is 5.13 Å². The maximum Gasteiger partial charge on any atom is 0.273 e. The minimum Gasteiger partial charge on any atom is -0.351 e. The van der Waals surface area contributed by atoms with Gasteiger partial charge in [0, 0.05) is 48.8 Å². The zero-order valence-electron chi connectivity index (χ0n) is 17.8. The Balaban J connectivity index is 1.22. The molecule has 10 heteroatoms. The van der Waals surface area contributed by atoms with Gasteiger partial charge in [0.1, 0.15) is 11.5 Å². The van der Waals surface area contributed by atoms with E-state index in [1.807, 2.05) is 17.0 Å². The molecular weight excluding hydrogens is 465 g/mol. The van der Waals surface area contributed by atoms with Gasteiger partial charge in [0.25, 0.3) is 5.91 Å². The average molecular weight is 488 g/mol. The quantitative estimate of drug-likeness (QED) is 0.530. The van der Waals surface area contributed by atoms with Gasteiger partial charge < -0.3 is 15.5 Å². The smallest absolute Gasteiger partial charge is 0.273 e. The molecule has 0 radical (unpaired) electrons. The van der Waals surface area contributed by atoms with E-state index in [1.54, 1.807) is 34.5 Å². The van der Waals surface area contributed by atoms with Crippen LogP contribution in [0.5, 0.6) is 0 Å². The predicted octanol–water partition coefficient (Wildman–Crippen LogP) is 3.75. The summed E-state index contributed by atoms with van der Waals surface area (Å²) < 4.78 is 13.0. The highest BCUT2D eigenvalue weighted by Crippen LogP contribution is 2.23. The Morgan fingerprint density at radius 1 is 1.03 bits per heavy atom. The number of piperazine rings is 1. The van der Waals surface area contributed by atoms with Crippen molar-refractivity contribution in [2.24, 2.45) is 0 Å². The van der Waals surface area contributed by atoms with Crippen molar-refractivity contribution in [3.63, 3.8) is 0 Å². The molecule has 0 atom stereocenters. The summed E-state index contributed by atoms with van der Waals surface area (Å²) in [7, 11) is 0. The number of thiazole rings is 1.